The first-order valence-corrected chi connectivity index (χ1v) is 11.8. The van der Waals surface area contributed by atoms with Crippen LogP contribution in [0.25, 0.3) is 10.9 Å². The van der Waals surface area contributed by atoms with Crippen molar-refractivity contribution in [2.24, 2.45) is 5.92 Å². The topological polar surface area (TPSA) is 80.9 Å². The third-order valence-corrected chi connectivity index (χ3v) is 6.58. The molecule has 7 heteroatoms. The average molecular weight is 465 g/mol. The number of nitrogens with zero attached hydrogens (tertiary/aromatic N) is 1. The van der Waals surface area contributed by atoms with Gasteiger partial charge in [-0.2, -0.15) is 0 Å². The lowest BCUT2D eigenvalue weighted by molar-refractivity contribution is -0.151. The van der Waals surface area contributed by atoms with Crippen molar-refractivity contribution in [3.05, 3.63) is 59.8 Å². The molecule has 2 atom stereocenters. The number of likely N-dealkylation sites (tertiary alicyclic amines) is 1. The molecule has 1 saturated heterocycles. The molecular formula is C27H32N2O5. The molecule has 1 N–H and O–H groups in total. The van der Waals surface area contributed by atoms with Gasteiger partial charge < -0.3 is 24.1 Å². The molecule has 1 aliphatic rings. The van der Waals surface area contributed by atoms with E-state index in [2.05, 4.69) is 11.1 Å². The molecule has 34 heavy (non-hydrogen) atoms. The number of nitrogens with one attached hydrogen (secondary N) is 1. The molecule has 2 aromatic carbocycles. The molecule has 0 radical (unpaired) electrons. The number of aromatic amines is 1. The Morgan fingerprint density at radius 3 is 2.68 bits per heavy atom. The number of methoxy groups -OCH3 is 2. The highest BCUT2D eigenvalue weighted by Crippen LogP contribution is 2.38. The first-order chi connectivity index (χ1) is 16.5. The fraction of sp³-hybridized carbons (Fsp3) is 0.407. The third kappa shape index (κ3) is 4.88. The summed E-state index contributed by atoms with van der Waals surface area (Å²) in [5.74, 6) is 0.630. The molecule has 0 bridgehead atoms. The number of para-hydroxylation sites is 1. The van der Waals surface area contributed by atoms with Crippen LogP contribution in [0.1, 0.15) is 43.2 Å². The summed E-state index contributed by atoms with van der Waals surface area (Å²) in [7, 11) is 3.21. The lowest BCUT2D eigenvalue weighted by Crippen LogP contribution is -2.43. The largest absolute Gasteiger partial charge is 0.493 e. The molecule has 1 amide bonds. The molecule has 1 aromatic heterocycles. The second-order valence-electron chi connectivity index (χ2n) is 8.59. The Hall–Kier alpha value is -3.48. The Bertz CT molecular complexity index is 1150. The number of piperidine rings is 1. The zero-order valence-corrected chi connectivity index (χ0v) is 20.0. The van der Waals surface area contributed by atoms with Crippen LogP contribution in [0.3, 0.4) is 0 Å². The van der Waals surface area contributed by atoms with Crippen LogP contribution in [0.4, 0.5) is 0 Å². The highest BCUT2D eigenvalue weighted by molar-refractivity contribution is 5.86. The van der Waals surface area contributed by atoms with Crippen molar-refractivity contribution >= 4 is 22.8 Å². The van der Waals surface area contributed by atoms with Gasteiger partial charge in [0.1, 0.15) is 0 Å². The zero-order chi connectivity index (χ0) is 24.1. The highest BCUT2D eigenvalue weighted by Gasteiger charge is 2.31. The normalized spacial score (nSPS) is 16.8. The number of carbonyl (C=O) groups is 2. The van der Waals surface area contributed by atoms with Gasteiger partial charge in [0.15, 0.2) is 11.5 Å². The van der Waals surface area contributed by atoms with Crippen LogP contribution in [-0.2, 0) is 14.3 Å². The Labute approximate surface area is 200 Å². The highest BCUT2D eigenvalue weighted by atomic mass is 16.5. The molecule has 0 spiro atoms. The standard InChI is InChI=1S/C27H32N2O5/c1-4-34-27(31)19-8-7-13-29(17-19)26(30)15-21(18-11-12-24(32-2)25(14-18)33-3)22-16-28-23-10-6-5-9-20(22)23/h5-6,9-12,14,16,19,21,28H,4,7-8,13,15,17H2,1-3H3/t19-,21-/m1/s1. The van der Waals surface area contributed by atoms with Crippen molar-refractivity contribution in [3.8, 4) is 11.5 Å². The number of esters is 1. The summed E-state index contributed by atoms with van der Waals surface area (Å²) in [4.78, 5) is 31.0. The predicted molar refractivity (Wildman–Crippen MR) is 130 cm³/mol. The number of benzene rings is 2. The second-order valence-corrected chi connectivity index (χ2v) is 8.59. The number of hydrogen-bond donors (Lipinski definition) is 1. The monoisotopic (exact) mass is 464 g/mol. The van der Waals surface area contributed by atoms with E-state index in [0.717, 1.165) is 34.9 Å². The van der Waals surface area contributed by atoms with Crippen molar-refractivity contribution in [2.75, 3.05) is 33.9 Å². The summed E-state index contributed by atoms with van der Waals surface area (Å²) in [6.07, 6.45) is 3.82. The fourth-order valence-electron chi connectivity index (χ4n) is 4.82. The number of rotatable bonds is 8. The Morgan fingerprint density at radius 2 is 1.91 bits per heavy atom. The van der Waals surface area contributed by atoms with E-state index >= 15 is 0 Å². The second kappa shape index (κ2) is 10.6. The Balaban J connectivity index is 1.65. The van der Waals surface area contributed by atoms with Crippen LogP contribution in [-0.4, -0.2) is 55.7 Å². The maximum atomic E-state index is 13.5. The van der Waals surface area contributed by atoms with Crippen molar-refractivity contribution < 1.29 is 23.8 Å². The Kier molecular flexibility index (Phi) is 7.40. The van der Waals surface area contributed by atoms with Crippen LogP contribution in [0, 0.1) is 5.92 Å². The number of H-pyrrole nitrogens is 1. The van der Waals surface area contributed by atoms with E-state index in [9.17, 15) is 9.59 Å². The zero-order valence-electron chi connectivity index (χ0n) is 20.0. The van der Waals surface area contributed by atoms with Crippen LogP contribution in [0.15, 0.2) is 48.7 Å². The molecule has 7 nitrogen and oxygen atoms in total. The fourth-order valence-corrected chi connectivity index (χ4v) is 4.82. The summed E-state index contributed by atoms with van der Waals surface area (Å²) in [5, 5.41) is 1.08. The van der Waals surface area contributed by atoms with Gasteiger partial charge in [-0.05, 0) is 49.1 Å². The van der Waals surface area contributed by atoms with Crippen LogP contribution in [0.2, 0.25) is 0 Å². The van der Waals surface area contributed by atoms with Gasteiger partial charge in [-0.3, -0.25) is 9.59 Å². The van der Waals surface area contributed by atoms with E-state index in [-0.39, 0.29) is 30.1 Å². The average Bonchev–Trinajstić information content (AvgIpc) is 3.31. The third-order valence-electron chi connectivity index (χ3n) is 6.58. The number of fused-ring (bicyclic) bond motifs is 1. The minimum atomic E-state index is -0.259. The summed E-state index contributed by atoms with van der Waals surface area (Å²) >= 11 is 0. The summed E-state index contributed by atoms with van der Waals surface area (Å²) < 4.78 is 16.2. The first kappa shape index (κ1) is 23.7. The van der Waals surface area contributed by atoms with E-state index < -0.39 is 0 Å². The van der Waals surface area contributed by atoms with E-state index in [4.69, 9.17) is 14.2 Å². The molecular weight excluding hydrogens is 432 g/mol. The molecule has 0 saturated carbocycles. The van der Waals surface area contributed by atoms with Crippen molar-refractivity contribution in [2.45, 2.75) is 32.1 Å². The lowest BCUT2D eigenvalue weighted by atomic mass is 9.87. The van der Waals surface area contributed by atoms with Gasteiger partial charge >= 0.3 is 5.97 Å². The number of hydrogen-bond acceptors (Lipinski definition) is 5. The van der Waals surface area contributed by atoms with Gasteiger partial charge in [0.2, 0.25) is 5.91 Å². The van der Waals surface area contributed by atoms with Crippen molar-refractivity contribution in [3.63, 3.8) is 0 Å². The molecule has 0 aliphatic carbocycles. The van der Waals surface area contributed by atoms with Gasteiger partial charge in [0.05, 0.1) is 26.7 Å². The molecule has 4 rings (SSSR count). The van der Waals surface area contributed by atoms with Crippen LogP contribution in [0.5, 0.6) is 11.5 Å². The molecule has 0 unspecified atom stereocenters. The van der Waals surface area contributed by atoms with Gasteiger partial charge in [-0.25, -0.2) is 0 Å². The Morgan fingerprint density at radius 1 is 1.12 bits per heavy atom. The summed E-state index contributed by atoms with van der Waals surface area (Å²) in [5.41, 5.74) is 3.04. The van der Waals surface area contributed by atoms with Gasteiger partial charge in [0.25, 0.3) is 0 Å². The maximum Gasteiger partial charge on any atom is 0.310 e. The minimum Gasteiger partial charge on any atom is -0.493 e. The quantitative estimate of drug-likeness (QED) is 0.496. The van der Waals surface area contributed by atoms with Gasteiger partial charge in [0, 0.05) is 42.5 Å². The number of ether oxygens (including phenoxy) is 3. The molecule has 1 fully saturated rings. The van der Waals surface area contributed by atoms with Crippen LogP contribution < -0.4 is 9.47 Å². The maximum absolute atomic E-state index is 13.5. The number of aromatic nitrogens is 1. The molecule has 180 valence electrons. The van der Waals surface area contributed by atoms with Gasteiger partial charge in [-0.1, -0.05) is 24.3 Å². The lowest BCUT2D eigenvalue weighted by Gasteiger charge is -2.32. The first-order valence-electron chi connectivity index (χ1n) is 11.8. The van der Waals surface area contributed by atoms with Crippen molar-refractivity contribution in [1.82, 2.24) is 9.88 Å². The van der Waals surface area contributed by atoms with Crippen LogP contribution >= 0.6 is 0 Å². The summed E-state index contributed by atoms with van der Waals surface area (Å²) in [6.45, 7) is 3.22. The van der Waals surface area contributed by atoms with E-state index in [1.807, 2.05) is 47.5 Å². The number of carbonyl (C=O) groups excluding carboxylic acids is 2. The predicted octanol–water partition coefficient (Wildman–Crippen LogP) is 4.51. The van der Waals surface area contributed by atoms with Gasteiger partial charge in [-0.15, -0.1) is 0 Å². The number of amides is 1. The SMILES string of the molecule is CCOC(=O)[C@@H]1CCCN(C(=O)C[C@H](c2ccc(OC)c(OC)c2)c2c[nH]c3ccccc23)C1. The van der Waals surface area contributed by atoms with E-state index in [1.54, 1.807) is 21.1 Å². The molecule has 3 aromatic rings. The van der Waals surface area contributed by atoms with E-state index in [0.29, 0.717) is 31.2 Å². The van der Waals surface area contributed by atoms with Crippen molar-refractivity contribution in [1.29, 1.82) is 0 Å². The van der Waals surface area contributed by atoms with E-state index in [1.165, 1.54) is 0 Å². The smallest absolute Gasteiger partial charge is 0.310 e. The molecule has 1 aliphatic heterocycles. The minimum absolute atomic E-state index is 0.0269. The molecule has 2 heterocycles. The summed E-state index contributed by atoms with van der Waals surface area (Å²) in [6, 6.07) is 13.9.